The molecule has 3 aromatic rings. The number of amides is 1. The van der Waals surface area contributed by atoms with E-state index in [1.165, 1.54) is 10.9 Å². The highest BCUT2D eigenvalue weighted by Crippen LogP contribution is 2.40. The van der Waals surface area contributed by atoms with Crippen LogP contribution in [0.2, 0.25) is 0 Å². The predicted molar refractivity (Wildman–Crippen MR) is 118 cm³/mol. The summed E-state index contributed by atoms with van der Waals surface area (Å²) in [6.45, 7) is 7.97. The van der Waals surface area contributed by atoms with Gasteiger partial charge in [0.05, 0.1) is 18.3 Å². The Hall–Kier alpha value is -3.16. The molecule has 4 rings (SSSR count). The summed E-state index contributed by atoms with van der Waals surface area (Å²) in [4.78, 5) is 29.7. The second kappa shape index (κ2) is 7.51. The van der Waals surface area contributed by atoms with Crippen molar-refractivity contribution in [3.8, 4) is 5.75 Å². The lowest BCUT2D eigenvalue weighted by Gasteiger charge is -2.32. The molecule has 8 heteroatoms. The van der Waals surface area contributed by atoms with Crippen LogP contribution in [0.4, 0.5) is 0 Å². The molecule has 1 saturated carbocycles. The number of aryl methyl sites for hydroxylation is 1. The van der Waals surface area contributed by atoms with E-state index in [0.717, 1.165) is 42.3 Å². The summed E-state index contributed by atoms with van der Waals surface area (Å²) in [6, 6.07) is 4.00. The first kappa shape index (κ1) is 21.1. The van der Waals surface area contributed by atoms with Crippen LogP contribution in [-0.2, 0) is 12.1 Å². The number of aromatic nitrogens is 4. The van der Waals surface area contributed by atoms with Crippen LogP contribution in [0.5, 0.6) is 5.75 Å². The third-order valence-corrected chi connectivity index (χ3v) is 5.92. The molecule has 31 heavy (non-hydrogen) atoms. The highest BCUT2D eigenvalue weighted by Gasteiger charge is 2.38. The van der Waals surface area contributed by atoms with E-state index in [9.17, 15) is 14.7 Å². The van der Waals surface area contributed by atoms with E-state index in [1.54, 1.807) is 6.20 Å². The fourth-order valence-electron chi connectivity index (χ4n) is 4.55. The molecule has 1 aliphatic carbocycles. The number of rotatable bonds is 4. The van der Waals surface area contributed by atoms with Gasteiger partial charge in [-0.3, -0.25) is 14.3 Å². The molecule has 0 aliphatic heterocycles. The maximum atomic E-state index is 12.6. The van der Waals surface area contributed by atoms with Crippen molar-refractivity contribution in [1.29, 1.82) is 0 Å². The number of nitrogens with one attached hydrogen (secondary N) is 1. The number of carbonyl (C=O) groups is 1. The molecule has 1 aliphatic rings. The monoisotopic (exact) mass is 423 g/mol. The van der Waals surface area contributed by atoms with Gasteiger partial charge in [0.2, 0.25) is 0 Å². The maximum absolute atomic E-state index is 12.6. The lowest BCUT2D eigenvalue weighted by atomic mass is 9.97. The lowest BCUT2D eigenvalue weighted by molar-refractivity contribution is 0.0908. The molecular weight excluding hydrogens is 394 g/mol. The van der Waals surface area contributed by atoms with Gasteiger partial charge in [0.25, 0.3) is 11.3 Å². The number of pyridine rings is 1. The number of nitrogens with zero attached hydrogens (tertiary/aromatic N) is 4. The fourth-order valence-corrected chi connectivity index (χ4v) is 4.55. The van der Waals surface area contributed by atoms with Crippen molar-refractivity contribution in [2.45, 2.75) is 71.0 Å². The van der Waals surface area contributed by atoms with Gasteiger partial charge in [0.1, 0.15) is 5.65 Å². The Balaban J connectivity index is 1.77. The fraction of sp³-hybridized carbons (Fsp3) is 0.478. The zero-order valence-electron chi connectivity index (χ0n) is 18.5. The number of carbonyl (C=O) groups excluding carboxylic acids is 1. The average Bonchev–Trinajstić information content (AvgIpc) is 3.29. The first-order valence-electron chi connectivity index (χ1n) is 10.7. The highest BCUT2D eigenvalue weighted by molar-refractivity contribution is 5.92. The molecule has 0 bridgehead atoms. The minimum Gasteiger partial charge on any atom is -0.503 e. The average molecular weight is 424 g/mol. The van der Waals surface area contributed by atoms with E-state index in [4.69, 9.17) is 0 Å². The molecule has 8 nitrogen and oxygen atoms in total. The van der Waals surface area contributed by atoms with Crippen molar-refractivity contribution in [2.24, 2.45) is 0 Å². The summed E-state index contributed by atoms with van der Waals surface area (Å²) >= 11 is 0. The van der Waals surface area contributed by atoms with Crippen molar-refractivity contribution in [3.05, 3.63) is 52.2 Å². The second-order valence-corrected chi connectivity index (χ2v) is 9.58. The molecule has 3 aromatic heterocycles. The Morgan fingerprint density at radius 3 is 2.65 bits per heavy atom. The van der Waals surface area contributed by atoms with E-state index in [2.05, 4.69) is 39.2 Å². The summed E-state index contributed by atoms with van der Waals surface area (Å²) in [6.07, 6.45) is 9.21. The molecule has 164 valence electrons. The highest BCUT2D eigenvalue weighted by atomic mass is 16.3. The van der Waals surface area contributed by atoms with E-state index < -0.39 is 22.6 Å². The van der Waals surface area contributed by atoms with Gasteiger partial charge in [-0.2, -0.15) is 5.10 Å². The minimum absolute atomic E-state index is 0.297. The topological polar surface area (TPSA) is 102 Å². The molecule has 0 aromatic carbocycles. The number of hydrogen-bond acceptors (Lipinski definition) is 5. The Kier molecular flexibility index (Phi) is 5.11. The van der Waals surface area contributed by atoms with Gasteiger partial charge in [-0.1, -0.05) is 12.8 Å². The summed E-state index contributed by atoms with van der Waals surface area (Å²) in [7, 11) is 0. The van der Waals surface area contributed by atoms with Gasteiger partial charge in [0, 0.05) is 23.3 Å². The molecule has 2 N–H and O–H groups in total. The second-order valence-electron chi connectivity index (χ2n) is 9.58. The van der Waals surface area contributed by atoms with Crippen molar-refractivity contribution in [2.75, 3.05) is 0 Å². The van der Waals surface area contributed by atoms with Crippen LogP contribution in [0.25, 0.3) is 11.0 Å². The van der Waals surface area contributed by atoms with Crippen molar-refractivity contribution >= 4 is 16.9 Å². The predicted octanol–water partition coefficient (Wildman–Crippen LogP) is 3.10. The molecule has 0 radical (unpaired) electrons. The van der Waals surface area contributed by atoms with Crippen molar-refractivity contribution in [1.82, 2.24) is 24.6 Å². The molecule has 1 amide bonds. The smallest absolute Gasteiger partial charge is 0.276 e. The van der Waals surface area contributed by atoms with E-state index in [0.29, 0.717) is 6.54 Å². The zero-order valence-corrected chi connectivity index (χ0v) is 18.5. The van der Waals surface area contributed by atoms with Gasteiger partial charge in [-0.05, 0) is 58.2 Å². The normalized spacial score (nSPS) is 16.0. The first-order chi connectivity index (χ1) is 14.6. The van der Waals surface area contributed by atoms with Crippen LogP contribution in [-0.4, -0.2) is 35.9 Å². The Labute approximate surface area is 180 Å². The third-order valence-electron chi connectivity index (χ3n) is 5.92. The molecule has 0 atom stereocenters. The third kappa shape index (κ3) is 3.94. The van der Waals surface area contributed by atoms with Crippen molar-refractivity contribution in [3.63, 3.8) is 0 Å². The summed E-state index contributed by atoms with van der Waals surface area (Å²) in [5, 5.41) is 18.5. The summed E-state index contributed by atoms with van der Waals surface area (Å²) < 4.78 is 3.75. The Morgan fingerprint density at radius 2 is 1.97 bits per heavy atom. The van der Waals surface area contributed by atoms with Crippen LogP contribution < -0.4 is 10.7 Å². The van der Waals surface area contributed by atoms with Crippen LogP contribution >= 0.6 is 0 Å². The van der Waals surface area contributed by atoms with Crippen molar-refractivity contribution < 1.29 is 9.90 Å². The number of fused-ring (bicyclic) bond motifs is 1. The molecule has 0 spiro atoms. The van der Waals surface area contributed by atoms with Crippen LogP contribution in [0.15, 0.2) is 35.5 Å². The molecule has 0 unspecified atom stereocenters. The molecule has 1 fully saturated rings. The van der Waals surface area contributed by atoms with Crippen LogP contribution in [0, 0.1) is 6.92 Å². The number of aromatic hydroxyl groups is 1. The minimum atomic E-state index is -0.762. The Morgan fingerprint density at radius 1 is 1.26 bits per heavy atom. The summed E-state index contributed by atoms with van der Waals surface area (Å²) in [5.41, 5.74) is 0.180. The summed E-state index contributed by atoms with van der Waals surface area (Å²) in [5.74, 6) is -1.07. The Bertz CT molecular complexity index is 1200. The lowest BCUT2D eigenvalue weighted by Crippen LogP contribution is -2.43. The van der Waals surface area contributed by atoms with Gasteiger partial charge in [-0.25, -0.2) is 4.98 Å². The van der Waals surface area contributed by atoms with Gasteiger partial charge < -0.3 is 15.0 Å². The maximum Gasteiger partial charge on any atom is 0.276 e. The standard InChI is InChI=1S/C23H29N5O3/c1-15-12-28(20-16(15)8-7-11-24-20)23(9-5-6-10-23)14-27-13-17(29)19(30)18(26-27)21(31)25-22(2,3)4/h7-8,11-13,29H,5-6,9-10,14H2,1-4H3,(H,25,31). The van der Waals surface area contributed by atoms with E-state index in [1.807, 2.05) is 26.8 Å². The van der Waals surface area contributed by atoms with Gasteiger partial charge >= 0.3 is 0 Å². The molecule has 3 heterocycles. The quantitative estimate of drug-likeness (QED) is 0.671. The zero-order chi connectivity index (χ0) is 22.4. The van der Waals surface area contributed by atoms with Gasteiger partial charge in [-0.15, -0.1) is 0 Å². The molecule has 0 saturated heterocycles. The van der Waals surface area contributed by atoms with Gasteiger partial charge in [0.15, 0.2) is 11.4 Å². The van der Waals surface area contributed by atoms with E-state index >= 15 is 0 Å². The number of hydrogen-bond donors (Lipinski definition) is 2. The van der Waals surface area contributed by atoms with Crippen LogP contribution in [0.3, 0.4) is 0 Å². The first-order valence-corrected chi connectivity index (χ1v) is 10.7. The van der Waals surface area contributed by atoms with E-state index in [-0.39, 0.29) is 11.2 Å². The SMILES string of the molecule is Cc1cn(C2(Cn3cc(O)c(=O)c(C(=O)NC(C)(C)C)n3)CCCC2)c2ncccc12. The molecular formula is C23H29N5O3. The van der Waals surface area contributed by atoms with Crippen LogP contribution in [0.1, 0.15) is 62.5 Å². The largest absolute Gasteiger partial charge is 0.503 e.